The minimum Gasteiger partial charge on any atom is -0.493 e. The molecule has 0 radical (unpaired) electrons. The Morgan fingerprint density at radius 3 is 2.64 bits per heavy atom. The first-order valence-electron chi connectivity index (χ1n) is 12.5. The van der Waals surface area contributed by atoms with E-state index in [2.05, 4.69) is 17.1 Å². The van der Waals surface area contributed by atoms with Crippen LogP contribution < -0.4 is 19.7 Å². The molecular formula is C27H32N4O5. The van der Waals surface area contributed by atoms with E-state index in [1.54, 1.807) is 40.1 Å². The minimum absolute atomic E-state index is 0.104. The molecule has 2 aromatic rings. The van der Waals surface area contributed by atoms with E-state index in [4.69, 9.17) is 9.47 Å². The number of hydrogen-bond donors (Lipinski definition) is 1. The van der Waals surface area contributed by atoms with Gasteiger partial charge in [-0.2, -0.15) is 0 Å². The van der Waals surface area contributed by atoms with Crippen LogP contribution in [0.5, 0.6) is 11.5 Å². The van der Waals surface area contributed by atoms with Crippen molar-refractivity contribution in [3.8, 4) is 11.5 Å². The first kappa shape index (κ1) is 24.1. The monoisotopic (exact) mass is 492 g/mol. The van der Waals surface area contributed by atoms with Gasteiger partial charge in [-0.3, -0.25) is 24.2 Å². The normalized spacial score (nSPS) is 20.8. The number of carbonyl (C=O) groups excluding carboxylic acids is 3. The summed E-state index contributed by atoms with van der Waals surface area (Å²) in [6.45, 7) is 4.97. The number of nitrogens with one attached hydrogen (secondary N) is 1. The lowest BCUT2D eigenvalue weighted by molar-refractivity contribution is -0.121. The third-order valence-electron chi connectivity index (χ3n) is 7.50. The van der Waals surface area contributed by atoms with E-state index < -0.39 is 6.17 Å². The predicted octanol–water partition coefficient (Wildman–Crippen LogP) is 2.81. The van der Waals surface area contributed by atoms with Crippen molar-refractivity contribution in [2.75, 3.05) is 45.3 Å². The number of benzene rings is 2. The van der Waals surface area contributed by atoms with Crippen molar-refractivity contribution in [1.29, 1.82) is 0 Å². The Morgan fingerprint density at radius 2 is 1.89 bits per heavy atom. The highest BCUT2D eigenvalue weighted by atomic mass is 16.5. The summed E-state index contributed by atoms with van der Waals surface area (Å²) in [5.41, 5.74) is 2.02. The minimum atomic E-state index is -0.659. The Bertz CT molecular complexity index is 1200. The topological polar surface area (TPSA) is 91.4 Å². The average molecular weight is 493 g/mol. The Labute approximate surface area is 210 Å². The number of carbonyl (C=O) groups is 3. The molecule has 0 aromatic heterocycles. The molecule has 9 nitrogen and oxygen atoms in total. The molecule has 5 rings (SSSR count). The van der Waals surface area contributed by atoms with Gasteiger partial charge in [-0.1, -0.05) is 25.1 Å². The average Bonchev–Trinajstić information content (AvgIpc) is 3.49. The molecule has 2 aromatic carbocycles. The number of para-hydroxylation sites is 1. The quantitative estimate of drug-likeness (QED) is 0.610. The molecule has 0 unspecified atom stereocenters. The van der Waals surface area contributed by atoms with Gasteiger partial charge >= 0.3 is 0 Å². The summed E-state index contributed by atoms with van der Waals surface area (Å²) in [5, 5.41) is 3.05. The summed E-state index contributed by atoms with van der Waals surface area (Å²) < 4.78 is 11.0. The van der Waals surface area contributed by atoms with Crippen molar-refractivity contribution in [3.63, 3.8) is 0 Å². The van der Waals surface area contributed by atoms with Gasteiger partial charge < -0.3 is 19.7 Å². The van der Waals surface area contributed by atoms with Crippen LogP contribution in [0.1, 0.15) is 58.6 Å². The second-order valence-electron chi connectivity index (χ2n) is 9.31. The van der Waals surface area contributed by atoms with Crippen LogP contribution in [-0.4, -0.2) is 74.0 Å². The van der Waals surface area contributed by atoms with Gasteiger partial charge in [0, 0.05) is 31.1 Å². The fraction of sp³-hybridized carbons (Fsp3) is 0.444. The molecule has 1 saturated heterocycles. The SMILES string of the molecule is CCN1CCC[C@@H]1CNC(=O)CCN1C(=O)c2ccccc2N2C(=O)c3c(ccc(OC)c3OC)[C@H]12. The third-order valence-corrected chi connectivity index (χ3v) is 7.50. The molecule has 190 valence electrons. The van der Waals surface area contributed by atoms with Crippen LogP contribution in [0, 0.1) is 0 Å². The Balaban J connectivity index is 1.42. The highest BCUT2D eigenvalue weighted by Gasteiger charge is 2.49. The number of hydrogen-bond acceptors (Lipinski definition) is 6. The second-order valence-corrected chi connectivity index (χ2v) is 9.31. The number of likely N-dealkylation sites (tertiary alicyclic amines) is 1. The van der Waals surface area contributed by atoms with Gasteiger partial charge in [0.1, 0.15) is 6.17 Å². The number of fused-ring (bicyclic) bond motifs is 5. The Morgan fingerprint density at radius 1 is 1.08 bits per heavy atom. The van der Waals surface area contributed by atoms with Gasteiger partial charge in [-0.15, -0.1) is 0 Å². The van der Waals surface area contributed by atoms with Crippen molar-refractivity contribution in [2.24, 2.45) is 0 Å². The first-order valence-corrected chi connectivity index (χ1v) is 12.5. The van der Waals surface area contributed by atoms with Gasteiger partial charge in [0.25, 0.3) is 11.8 Å². The largest absolute Gasteiger partial charge is 0.493 e. The third kappa shape index (κ3) is 3.87. The Kier molecular flexibility index (Phi) is 6.57. The molecule has 0 aliphatic carbocycles. The second kappa shape index (κ2) is 9.81. The maximum Gasteiger partial charge on any atom is 0.264 e. The smallest absolute Gasteiger partial charge is 0.264 e. The van der Waals surface area contributed by atoms with Crippen molar-refractivity contribution in [2.45, 2.75) is 38.4 Å². The van der Waals surface area contributed by atoms with Crippen LogP contribution in [-0.2, 0) is 4.79 Å². The number of methoxy groups -OCH3 is 2. The molecule has 2 atom stereocenters. The molecule has 3 aliphatic rings. The van der Waals surface area contributed by atoms with Crippen molar-refractivity contribution < 1.29 is 23.9 Å². The molecule has 0 saturated carbocycles. The van der Waals surface area contributed by atoms with Crippen LogP contribution >= 0.6 is 0 Å². The zero-order valence-corrected chi connectivity index (χ0v) is 21.0. The van der Waals surface area contributed by atoms with Crippen molar-refractivity contribution >= 4 is 23.4 Å². The van der Waals surface area contributed by atoms with Gasteiger partial charge in [0.15, 0.2) is 11.5 Å². The summed E-state index contributed by atoms with van der Waals surface area (Å²) in [4.78, 5) is 45.7. The number of anilines is 1. The lowest BCUT2D eigenvalue weighted by Gasteiger charge is -2.40. The van der Waals surface area contributed by atoms with E-state index in [-0.39, 0.29) is 30.7 Å². The lowest BCUT2D eigenvalue weighted by Crippen LogP contribution is -2.49. The predicted molar refractivity (Wildman–Crippen MR) is 134 cm³/mol. The summed E-state index contributed by atoms with van der Waals surface area (Å²) in [7, 11) is 3.01. The number of nitrogens with zero attached hydrogens (tertiary/aromatic N) is 3. The van der Waals surface area contributed by atoms with Crippen LogP contribution in [0.3, 0.4) is 0 Å². The maximum absolute atomic E-state index is 13.7. The van der Waals surface area contributed by atoms with E-state index in [1.165, 1.54) is 14.2 Å². The van der Waals surface area contributed by atoms with Gasteiger partial charge in [0.2, 0.25) is 5.91 Å². The van der Waals surface area contributed by atoms with Crippen LogP contribution in [0.2, 0.25) is 0 Å². The number of amides is 3. The van der Waals surface area contributed by atoms with Gasteiger partial charge in [0.05, 0.1) is 31.0 Å². The van der Waals surface area contributed by atoms with Gasteiger partial charge in [-0.05, 0) is 44.1 Å². The summed E-state index contributed by atoms with van der Waals surface area (Å²) in [5.74, 6) is 0.217. The highest BCUT2D eigenvalue weighted by Crippen LogP contribution is 2.49. The molecule has 9 heteroatoms. The van der Waals surface area contributed by atoms with E-state index in [9.17, 15) is 14.4 Å². The fourth-order valence-electron chi connectivity index (χ4n) is 5.74. The number of ether oxygens (including phenoxy) is 2. The zero-order chi connectivity index (χ0) is 25.4. The molecule has 1 fully saturated rings. The molecular weight excluding hydrogens is 460 g/mol. The summed E-state index contributed by atoms with van der Waals surface area (Å²) in [6.07, 6.45) is 1.72. The van der Waals surface area contributed by atoms with E-state index in [0.29, 0.717) is 46.5 Å². The fourth-order valence-corrected chi connectivity index (χ4v) is 5.74. The first-order chi connectivity index (χ1) is 17.5. The molecule has 3 heterocycles. The number of likely N-dealkylation sites (N-methyl/N-ethyl adjacent to an activating group) is 1. The lowest BCUT2D eigenvalue weighted by atomic mass is 10.0. The summed E-state index contributed by atoms with van der Waals surface area (Å²) >= 11 is 0. The molecule has 0 spiro atoms. The van der Waals surface area contributed by atoms with Crippen LogP contribution in [0.25, 0.3) is 0 Å². The zero-order valence-electron chi connectivity index (χ0n) is 21.0. The van der Waals surface area contributed by atoms with Gasteiger partial charge in [-0.25, -0.2) is 0 Å². The summed E-state index contributed by atoms with van der Waals surface area (Å²) in [6, 6.07) is 11.0. The van der Waals surface area contributed by atoms with E-state index in [0.717, 1.165) is 25.9 Å². The number of rotatable bonds is 8. The molecule has 3 amide bonds. The maximum atomic E-state index is 13.7. The molecule has 0 bridgehead atoms. The molecule has 36 heavy (non-hydrogen) atoms. The highest BCUT2D eigenvalue weighted by molar-refractivity contribution is 6.18. The van der Waals surface area contributed by atoms with Crippen LogP contribution in [0.4, 0.5) is 5.69 Å². The van der Waals surface area contributed by atoms with E-state index >= 15 is 0 Å². The standard InChI is InChI=1S/C27H32N4O5/c1-4-29-14-7-8-17(29)16-28-22(32)13-15-30-25-19-11-12-21(35-2)24(36-3)23(19)27(34)31(25)20-10-6-5-9-18(20)26(30)33/h5-6,9-12,17,25H,4,7-8,13-16H2,1-3H3,(H,28,32)/t17-,25-/m1/s1. The van der Waals surface area contributed by atoms with Crippen molar-refractivity contribution in [1.82, 2.24) is 15.1 Å². The molecule has 1 N–H and O–H groups in total. The van der Waals surface area contributed by atoms with E-state index in [1.807, 2.05) is 6.07 Å². The Hall–Kier alpha value is -3.59. The molecule has 3 aliphatic heterocycles. The van der Waals surface area contributed by atoms with Crippen LogP contribution in [0.15, 0.2) is 36.4 Å². The van der Waals surface area contributed by atoms with Crippen molar-refractivity contribution in [3.05, 3.63) is 53.1 Å².